The number of nitrogens with one attached hydrogen (secondary N) is 2. The van der Waals surface area contributed by atoms with E-state index in [1.165, 1.54) is 24.2 Å². The van der Waals surface area contributed by atoms with Gasteiger partial charge in [-0.2, -0.15) is 0 Å². The van der Waals surface area contributed by atoms with E-state index in [4.69, 9.17) is 5.11 Å². The molecule has 1 unspecified atom stereocenters. The fraction of sp³-hybridized carbons (Fsp3) is 0.615. The number of anilines is 1. The van der Waals surface area contributed by atoms with E-state index in [1.807, 2.05) is 12.3 Å². The van der Waals surface area contributed by atoms with E-state index in [-0.39, 0.29) is 18.4 Å². The molecule has 20 heavy (non-hydrogen) atoms. The van der Waals surface area contributed by atoms with Gasteiger partial charge in [-0.1, -0.05) is 6.92 Å². The molecule has 0 aromatic carbocycles. The highest BCUT2D eigenvalue weighted by atomic mass is 32.1. The Labute approximate surface area is 121 Å². The normalized spacial score (nSPS) is 15.7. The molecule has 0 saturated heterocycles. The Morgan fingerprint density at radius 3 is 2.95 bits per heavy atom. The first-order chi connectivity index (χ1) is 9.54. The van der Waals surface area contributed by atoms with Gasteiger partial charge in [-0.25, -0.2) is 9.78 Å². The minimum Gasteiger partial charge on any atom is -0.481 e. The number of amides is 2. The first-order valence-corrected chi connectivity index (χ1v) is 7.64. The maximum Gasteiger partial charge on any atom is 0.321 e. The molecular formula is C13H19N3O3S. The third kappa shape index (κ3) is 4.80. The highest BCUT2D eigenvalue weighted by Crippen LogP contribution is 2.40. The van der Waals surface area contributed by atoms with Crippen LogP contribution in [0.1, 0.15) is 44.2 Å². The van der Waals surface area contributed by atoms with E-state index in [1.54, 1.807) is 0 Å². The SMILES string of the molecule is CC(CCC(=O)O)CNC(=O)Nc1nc(C2CC2)cs1. The molecule has 0 bridgehead atoms. The third-order valence-corrected chi connectivity index (χ3v) is 3.98. The predicted octanol–water partition coefficient (Wildman–Crippen LogP) is 2.64. The number of rotatable bonds is 7. The van der Waals surface area contributed by atoms with Crippen molar-refractivity contribution in [3.63, 3.8) is 0 Å². The molecule has 1 saturated carbocycles. The second-order valence-corrected chi connectivity index (χ2v) is 6.08. The van der Waals surface area contributed by atoms with Crippen LogP contribution < -0.4 is 10.6 Å². The predicted molar refractivity (Wildman–Crippen MR) is 77.1 cm³/mol. The average Bonchev–Trinajstić information content (AvgIpc) is 3.15. The van der Waals surface area contributed by atoms with Crippen molar-refractivity contribution in [2.45, 2.75) is 38.5 Å². The van der Waals surface area contributed by atoms with E-state index in [0.29, 0.717) is 24.0 Å². The average molecular weight is 297 g/mol. The van der Waals surface area contributed by atoms with E-state index in [0.717, 1.165) is 5.69 Å². The van der Waals surface area contributed by atoms with E-state index >= 15 is 0 Å². The van der Waals surface area contributed by atoms with Crippen LogP contribution >= 0.6 is 11.3 Å². The highest BCUT2D eigenvalue weighted by molar-refractivity contribution is 7.13. The summed E-state index contributed by atoms with van der Waals surface area (Å²) >= 11 is 1.43. The lowest BCUT2D eigenvalue weighted by Crippen LogP contribution is -2.32. The van der Waals surface area contributed by atoms with Crippen molar-refractivity contribution >= 4 is 28.5 Å². The zero-order chi connectivity index (χ0) is 14.5. The Bertz CT molecular complexity index is 485. The van der Waals surface area contributed by atoms with Crippen LogP contribution in [0.4, 0.5) is 9.93 Å². The summed E-state index contributed by atoms with van der Waals surface area (Å²) in [7, 11) is 0. The van der Waals surface area contributed by atoms with Gasteiger partial charge >= 0.3 is 12.0 Å². The monoisotopic (exact) mass is 297 g/mol. The lowest BCUT2D eigenvalue weighted by atomic mass is 10.1. The lowest BCUT2D eigenvalue weighted by molar-refractivity contribution is -0.137. The largest absolute Gasteiger partial charge is 0.481 e. The Morgan fingerprint density at radius 2 is 2.30 bits per heavy atom. The molecule has 1 aromatic rings. The van der Waals surface area contributed by atoms with Crippen LogP contribution in [0.15, 0.2) is 5.38 Å². The summed E-state index contributed by atoms with van der Waals surface area (Å²) in [6, 6.07) is -0.288. The number of carbonyl (C=O) groups is 2. The van der Waals surface area contributed by atoms with Crippen molar-refractivity contribution in [1.29, 1.82) is 0 Å². The first kappa shape index (κ1) is 14.8. The van der Waals surface area contributed by atoms with Crippen LogP contribution in [0.25, 0.3) is 0 Å². The highest BCUT2D eigenvalue weighted by Gasteiger charge is 2.26. The van der Waals surface area contributed by atoms with Gasteiger partial charge in [-0.15, -0.1) is 11.3 Å². The first-order valence-electron chi connectivity index (χ1n) is 6.76. The van der Waals surface area contributed by atoms with Crippen molar-refractivity contribution < 1.29 is 14.7 Å². The molecule has 1 atom stereocenters. The number of hydrogen-bond donors (Lipinski definition) is 3. The minimum absolute atomic E-state index is 0.127. The summed E-state index contributed by atoms with van der Waals surface area (Å²) < 4.78 is 0. The number of aromatic nitrogens is 1. The van der Waals surface area contributed by atoms with E-state index < -0.39 is 5.97 Å². The number of urea groups is 1. The van der Waals surface area contributed by atoms with Gasteiger partial charge in [0.25, 0.3) is 0 Å². The van der Waals surface area contributed by atoms with Crippen LogP contribution in [-0.2, 0) is 4.79 Å². The Balaban J connectivity index is 1.67. The molecule has 2 rings (SSSR count). The van der Waals surface area contributed by atoms with Crippen LogP contribution in [-0.4, -0.2) is 28.6 Å². The summed E-state index contributed by atoms with van der Waals surface area (Å²) in [6.45, 7) is 2.37. The summed E-state index contributed by atoms with van der Waals surface area (Å²) in [5, 5.41) is 16.6. The molecule has 1 aromatic heterocycles. The van der Waals surface area contributed by atoms with Crippen molar-refractivity contribution in [2.75, 3.05) is 11.9 Å². The number of carboxylic acid groups (broad SMARTS) is 1. The second-order valence-electron chi connectivity index (χ2n) is 5.22. The lowest BCUT2D eigenvalue weighted by Gasteiger charge is -2.11. The van der Waals surface area contributed by atoms with Gasteiger partial charge in [0.1, 0.15) is 0 Å². The zero-order valence-corrected chi connectivity index (χ0v) is 12.2. The van der Waals surface area contributed by atoms with Crippen molar-refractivity contribution in [2.24, 2.45) is 5.92 Å². The Hall–Kier alpha value is -1.63. The molecule has 0 aliphatic heterocycles. The molecule has 0 radical (unpaired) electrons. The number of aliphatic carboxylic acids is 1. The maximum atomic E-state index is 11.7. The van der Waals surface area contributed by atoms with Crippen molar-refractivity contribution in [3.05, 3.63) is 11.1 Å². The van der Waals surface area contributed by atoms with Crippen LogP contribution in [0.5, 0.6) is 0 Å². The fourth-order valence-corrected chi connectivity index (χ4v) is 2.58. The Kier molecular flexibility index (Phi) is 4.94. The second kappa shape index (κ2) is 6.69. The van der Waals surface area contributed by atoms with E-state index in [2.05, 4.69) is 15.6 Å². The van der Waals surface area contributed by atoms with Gasteiger partial charge in [0.05, 0.1) is 5.69 Å². The summed E-state index contributed by atoms with van der Waals surface area (Å²) in [4.78, 5) is 26.5. The molecular weight excluding hydrogens is 278 g/mol. The third-order valence-electron chi connectivity index (χ3n) is 3.20. The minimum atomic E-state index is -0.809. The summed E-state index contributed by atoms with van der Waals surface area (Å²) in [6.07, 6.45) is 3.06. The molecule has 3 N–H and O–H groups in total. The molecule has 1 aliphatic carbocycles. The molecule has 7 heteroatoms. The van der Waals surface area contributed by atoms with Gasteiger partial charge < -0.3 is 10.4 Å². The number of carboxylic acids is 1. The van der Waals surface area contributed by atoms with Gasteiger partial charge in [-0.05, 0) is 25.2 Å². The number of carbonyl (C=O) groups excluding carboxylic acids is 1. The van der Waals surface area contributed by atoms with E-state index in [9.17, 15) is 9.59 Å². The fourth-order valence-electron chi connectivity index (χ4n) is 1.79. The van der Waals surface area contributed by atoms with Gasteiger partial charge in [0, 0.05) is 24.3 Å². The van der Waals surface area contributed by atoms with Gasteiger partial charge in [0.2, 0.25) is 0 Å². The standard InChI is InChI=1S/C13H19N3O3S/c1-8(2-5-11(17)18)6-14-12(19)16-13-15-10(7-20-13)9-3-4-9/h7-9H,2-6H2,1H3,(H,17,18)(H2,14,15,16,19). The van der Waals surface area contributed by atoms with Crippen LogP contribution in [0.3, 0.4) is 0 Å². The number of nitrogens with zero attached hydrogens (tertiary/aromatic N) is 1. The van der Waals surface area contributed by atoms with Gasteiger partial charge in [0.15, 0.2) is 5.13 Å². The maximum absolute atomic E-state index is 11.7. The molecule has 1 aliphatic rings. The molecule has 110 valence electrons. The summed E-state index contributed by atoms with van der Waals surface area (Å²) in [5.41, 5.74) is 1.07. The molecule has 6 nitrogen and oxygen atoms in total. The molecule has 1 fully saturated rings. The summed E-state index contributed by atoms with van der Waals surface area (Å²) in [5.74, 6) is -0.0900. The van der Waals surface area contributed by atoms with Crippen LogP contribution in [0, 0.1) is 5.92 Å². The van der Waals surface area contributed by atoms with Gasteiger partial charge in [-0.3, -0.25) is 10.1 Å². The van der Waals surface area contributed by atoms with Crippen molar-refractivity contribution in [3.8, 4) is 0 Å². The molecule has 0 spiro atoms. The number of hydrogen-bond acceptors (Lipinski definition) is 4. The Morgan fingerprint density at radius 1 is 1.55 bits per heavy atom. The smallest absolute Gasteiger partial charge is 0.321 e. The quantitative estimate of drug-likeness (QED) is 0.721. The zero-order valence-electron chi connectivity index (χ0n) is 11.4. The molecule has 1 heterocycles. The molecule has 2 amide bonds. The van der Waals surface area contributed by atoms with Crippen molar-refractivity contribution in [1.82, 2.24) is 10.3 Å². The topological polar surface area (TPSA) is 91.3 Å². The number of thiazole rings is 1. The van der Waals surface area contributed by atoms with Crippen LogP contribution in [0.2, 0.25) is 0 Å².